The Morgan fingerprint density at radius 2 is 2.14 bits per heavy atom. The fraction of sp³-hybridized carbons (Fsp3) is 0.389. The van der Waals surface area contributed by atoms with Crippen LogP contribution < -0.4 is 5.32 Å². The number of aromatic nitrogens is 1. The predicted octanol–water partition coefficient (Wildman–Crippen LogP) is 3.65. The van der Waals surface area contributed by atoms with E-state index in [4.69, 9.17) is 0 Å². The molecular formula is C18H22N2O. The van der Waals surface area contributed by atoms with Gasteiger partial charge in [-0.05, 0) is 31.2 Å². The van der Waals surface area contributed by atoms with E-state index in [0.29, 0.717) is 5.92 Å². The van der Waals surface area contributed by atoms with Crippen LogP contribution in [0.1, 0.15) is 36.5 Å². The number of hydrogen-bond donors (Lipinski definition) is 1. The van der Waals surface area contributed by atoms with Crippen LogP contribution in [0.4, 0.5) is 0 Å². The number of amides is 1. The number of allylic oxidation sites excluding steroid dienone is 1. The number of carbonyl (C=O) groups excluding carboxylic acids is 1. The maximum Gasteiger partial charge on any atom is 0.253 e. The SMILES string of the molecule is C=C1CCC(NC(=O)c2cn(C)c3ccccc23)C(C)C1. The van der Waals surface area contributed by atoms with Crippen LogP contribution in [0.5, 0.6) is 0 Å². The molecule has 0 bridgehead atoms. The highest BCUT2D eigenvalue weighted by atomic mass is 16.1. The lowest BCUT2D eigenvalue weighted by molar-refractivity contribution is 0.0918. The minimum Gasteiger partial charge on any atom is -0.350 e. The molecular weight excluding hydrogens is 260 g/mol. The fourth-order valence-electron chi connectivity index (χ4n) is 3.33. The van der Waals surface area contributed by atoms with Gasteiger partial charge in [-0.25, -0.2) is 0 Å². The molecule has 3 heteroatoms. The molecule has 0 radical (unpaired) electrons. The van der Waals surface area contributed by atoms with Crippen LogP contribution in [0.3, 0.4) is 0 Å². The molecule has 1 aliphatic carbocycles. The van der Waals surface area contributed by atoms with Gasteiger partial charge in [-0.1, -0.05) is 37.3 Å². The Balaban J connectivity index is 1.83. The average Bonchev–Trinajstić information content (AvgIpc) is 2.80. The van der Waals surface area contributed by atoms with Crippen LogP contribution in [0.15, 0.2) is 42.6 Å². The Labute approximate surface area is 125 Å². The van der Waals surface area contributed by atoms with Gasteiger partial charge in [-0.15, -0.1) is 0 Å². The van der Waals surface area contributed by atoms with Crippen molar-refractivity contribution >= 4 is 16.8 Å². The second kappa shape index (κ2) is 5.40. The van der Waals surface area contributed by atoms with Crippen LogP contribution in [-0.2, 0) is 7.05 Å². The highest BCUT2D eigenvalue weighted by Gasteiger charge is 2.25. The summed E-state index contributed by atoms with van der Waals surface area (Å²) in [4.78, 5) is 12.6. The van der Waals surface area contributed by atoms with Crippen molar-refractivity contribution in [2.45, 2.75) is 32.2 Å². The van der Waals surface area contributed by atoms with Crippen molar-refractivity contribution < 1.29 is 4.79 Å². The molecule has 1 fully saturated rings. The second-order valence-corrected chi connectivity index (χ2v) is 6.22. The normalized spacial score (nSPS) is 22.5. The van der Waals surface area contributed by atoms with Gasteiger partial charge >= 0.3 is 0 Å². The summed E-state index contributed by atoms with van der Waals surface area (Å²) in [6.45, 7) is 6.26. The molecule has 3 nitrogen and oxygen atoms in total. The van der Waals surface area contributed by atoms with Crippen molar-refractivity contribution in [2.75, 3.05) is 0 Å². The third-order valence-electron chi connectivity index (χ3n) is 4.56. The largest absolute Gasteiger partial charge is 0.350 e. The number of benzene rings is 1. The molecule has 0 spiro atoms. The molecule has 21 heavy (non-hydrogen) atoms. The summed E-state index contributed by atoms with van der Waals surface area (Å²) in [6, 6.07) is 8.28. The quantitative estimate of drug-likeness (QED) is 0.838. The van der Waals surface area contributed by atoms with Gasteiger partial charge in [0.1, 0.15) is 0 Å². The zero-order valence-electron chi connectivity index (χ0n) is 12.7. The van der Waals surface area contributed by atoms with E-state index >= 15 is 0 Å². The average molecular weight is 282 g/mol. The molecule has 1 N–H and O–H groups in total. The summed E-state index contributed by atoms with van der Waals surface area (Å²) in [6.07, 6.45) is 4.95. The molecule has 2 aromatic rings. The highest BCUT2D eigenvalue weighted by molar-refractivity contribution is 6.07. The molecule has 1 saturated carbocycles. The smallest absolute Gasteiger partial charge is 0.253 e. The number of aryl methyl sites for hydroxylation is 1. The first-order chi connectivity index (χ1) is 10.1. The molecule has 110 valence electrons. The van der Waals surface area contributed by atoms with Crippen LogP contribution in [0, 0.1) is 5.92 Å². The molecule has 1 heterocycles. The summed E-state index contributed by atoms with van der Waals surface area (Å²) in [5.41, 5.74) is 3.16. The number of carbonyl (C=O) groups is 1. The zero-order chi connectivity index (χ0) is 15.0. The molecule has 3 rings (SSSR count). The monoisotopic (exact) mass is 282 g/mol. The Kier molecular flexibility index (Phi) is 3.58. The lowest BCUT2D eigenvalue weighted by Crippen LogP contribution is -2.41. The van der Waals surface area contributed by atoms with E-state index in [0.717, 1.165) is 35.7 Å². The van der Waals surface area contributed by atoms with Gasteiger partial charge in [0.2, 0.25) is 0 Å². The van der Waals surface area contributed by atoms with Crippen molar-refractivity contribution in [3.63, 3.8) is 0 Å². The van der Waals surface area contributed by atoms with Gasteiger partial charge < -0.3 is 9.88 Å². The lowest BCUT2D eigenvalue weighted by Gasteiger charge is -2.30. The van der Waals surface area contributed by atoms with Crippen molar-refractivity contribution in [1.82, 2.24) is 9.88 Å². The van der Waals surface area contributed by atoms with Crippen molar-refractivity contribution in [3.05, 3.63) is 48.2 Å². The Hall–Kier alpha value is -2.03. The number of para-hydroxylation sites is 1. The Bertz CT molecular complexity index is 698. The van der Waals surface area contributed by atoms with Gasteiger partial charge in [-0.2, -0.15) is 0 Å². The third-order valence-corrected chi connectivity index (χ3v) is 4.56. The molecule has 2 atom stereocenters. The van der Waals surface area contributed by atoms with E-state index in [1.54, 1.807) is 0 Å². The molecule has 1 aromatic heterocycles. The fourth-order valence-corrected chi connectivity index (χ4v) is 3.33. The lowest BCUT2D eigenvalue weighted by atomic mass is 9.83. The topological polar surface area (TPSA) is 34.0 Å². The van der Waals surface area contributed by atoms with Gasteiger partial charge in [0, 0.05) is 30.2 Å². The summed E-state index contributed by atoms with van der Waals surface area (Å²) in [5.74, 6) is 0.501. The molecule has 0 aliphatic heterocycles. The summed E-state index contributed by atoms with van der Waals surface area (Å²) < 4.78 is 2.01. The minimum atomic E-state index is 0.0381. The Morgan fingerprint density at radius 3 is 2.90 bits per heavy atom. The van der Waals surface area contributed by atoms with Gasteiger partial charge in [0.05, 0.1) is 5.56 Å². The first kappa shape index (κ1) is 13.9. The summed E-state index contributed by atoms with van der Waals surface area (Å²) >= 11 is 0. The van der Waals surface area contributed by atoms with E-state index in [1.807, 2.05) is 42.1 Å². The van der Waals surface area contributed by atoms with E-state index in [2.05, 4.69) is 18.8 Å². The highest BCUT2D eigenvalue weighted by Crippen LogP contribution is 2.28. The second-order valence-electron chi connectivity index (χ2n) is 6.22. The van der Waals surface area contributed by atoms with E-state index in [9.17, 15) is 4.79 Å². The standard InChI is InChI=1S/C18H22N2O/c1-12-8-9-16(13(2)10-12)19-18(21)15-11-20(3)17-7-5-4-6-14(15)17/h4-7,11,13,16H,1,8-10H2,2-3H3,(H,19,21). The number of hydrogen-bond acceptors (Lipinski definition) is 1. The first-order valence-corrected chi connectivity index (χ1v) is 7.58. The van der Waals surface area contributed by atoms with E-state index < -0.39 is 0 Å². The summed E-state index contributed by atoms with van der Waals surface area (Å²) in [5, 5.41) is 4.24. The molecule has 0 saturated heterocycles. The minimum absolute atomic E-state index is 0.0381. The first-order valence-electron chi connectivity index (χ1n) is 7.58. The van der Waals surface area contributed by atoms with Crippen molar-refractivity contribution in [2.24, 2.45) is 13.0 Å². The van der Waals surface area contributed by atoms with E-state index in [-0.39, 0.29) is 11.9 Å². The van der Waals surface area contributed by atoms with Gasteiger partial charge in [-0.3, -0.25) is 4.79 Å². The number of rotatable bonds is 2. The maximum absolute atomic E-state index is 12.6. The zero-order valence-corrected chi connectivity index (χ0v) is 12.7. The molecule has 1 amide bonds. The van der Waals surface area contributed by atoms with Gasteiger partial charge in [0.15, 0.2) is 0 Å². The van der Waals surface area contributed by atoms with Crippen molar-refractivity contribution in [1.29, 1.82) is 0 Å². The summed E-state index contributed by atoms with van der Waals surface area (Å²) in [7, 11) is 1.98. The number of nitrogens with zero attached hydrogens (tertiary/aromatic N) is 1. The predicted molar refractivity (Wildman–Crippen MR) is 86.3 cm³/mol. The Morgan fingerprint density at radius 1 is 1.38 bits per heavy atom. The van der Waals surface area contributed by atoms with Crippen LogP contribution in [0.25, 0.3) is 10.9 Å². The van der Waals surface area contributed by atoms with Crippen LogP contribution in [-0.4, -0.2) is 16.5 Å². The molecule has 1 aromatic carbocycles. The van der Waals surface area contributed by atoms with Crippen LogP contribution in [0.2, 0.25) is 0 Å². The van der Waals surface area contributed by atoms with Gasteiger partial charge in [0.25, 0.3) is 5.91 Å². The maximum atomic E-state index is 12.6. The molecule has 2 unspecified atom stereocenters. The van der Waals surface area contributed by atoms with Crippen LogP contribution >= 0.6 is 0 Å². The number of nitrogens with one attached hydrogen (secondary N) is 1. The third kappa shape index (κ3) is 2.60. The van der Waals surface area contributed by atoms with E-state index in [1.165, 1.54) is 5.57 Å². The number of fused-ring (bicyclic) bond motifs is 1. The van der Waals surface area contributed by atoms with Crippen molar-refractivity contribution in [3.8, 4) is 0 Å². The molecule has 1 aliphatic rings.